The van der Waals surface area contributed by atoms with E-state index in [9.17, 15) is 0 Å². The van der Waals surface area contributed by atoms with Crippen LogP contribution >= 0.6 is 0 Å². The predicted octanol–water partition coefficient (Wildman–Crippen LogP) is 8.07. The Bertz CT molecular complexity index is 1260. The standard InChI is InChI=1S/C37H45NOSi/c1-30(36(33-23-12-7-13-24-33)38-29-32-21-10-6-11-22-32)19-18-20-31(2)39-40(37(3,4)5,34-25-14-8-15-26-34)35-27-16-9-17-28-35/h6-19,21-28,30-31,36,38H,20,29H2,1-5H3/b19-18+/t30-,31-,36-/m1/s1. The molecule has 0 unspecified atom stereocenters. The van der Waals surface area contributed by atoms with Crippen molar-refractivity contribution in [1.29, 1.82) is 0 Å². The average Bonchev–Trinajstić information content (AvgIpc) is 2.97. The molecule has 0 aromatic heterocycles. The highest BCUT2D eigenvalue weighted by Crippen LogP contribution is 2.38. The first-order valence-electron chi connectivity index (χ1n) is 14.6. The van der Waals surface area contributed by atoms with Crippen molar-refractivity contribution in [3.05, 3.63) is 145 Å². The molecule has 0 fully saturated rings. The minimum Gasteiger partial charge on any atom is -0.404 e. The van der Waals surface area contributed by atoms with E-state index in [-0.39, 0.29) is 17.2 Å². The monoisotopic (exact) mass is 547 g/mol. The summed E-state index contributed by atoms with van der Waals surface area (Å²) < 4.78 is 7.28. The van der Waals surface area contributed by atoms with E-state index in [0.29, 0.717) is 5.92 Å². The maximum absolute atomic E-state index is 7.28. The van der Waals surface area contributed by atoms with Crippen molar-refractivity contribution in [1.82, 2.24) is 5.32 Å². The van der Waals surface area contributed by atoms with Gasteiger partial charge in [-0.25, -0.2) is 0 Å². The molecule has 0 spiro atoms. The fourth-order valence-electron chi connectivity index (χ4n) is 5.73. The van der Waals surface area contributed by atoms with Gasteiger partial charge in [-0.05, 0) is 45.8 Å². The fraction of sp³-hybridized carbons (Fsp3) is 0.297. The van der Waals surface area contributed by atoms with Crippen molar-refractivity contribution in [3.8, 4) is 0 Å². The lowest BCUT2D eigenvalue weighted by Crippen LogP contribution is -2.67. The second-order valence-electron chi connectivity index (χ2n) is 11.9. The van der Waals surface area contributed by atoms with E-state index in [1.165, 1.54) is 21.5 Å². The zero-order valence-corrected chi connectivity index (χ0v) is 25.8. The summed E-state index contributed by atoms with van der Waals surface area (Å²) in [5, 5.41) is 6.44. The molecule has 1 N–H and O–H groups in total. The molecule has 4 rings (SSSR count). The van der Waals surface area contributed by atoms with Crippen LogP contribution in [0, 0.1) is 5.92 Å². The Morgan fingerprint density at radius 3 is 1.68 bits per heavy atom. The number of benzene rings is 4. The van der Waals surface area contributed by atoms with Crippen molar-refractivity contribution in [3.63, 3.8) is 0 Å². The quantitative estimate of drug-likeness (QED) is 0.143. The first-order chi connectivity index (χ1) is 19.3. The third-order valence-corrected chi connectivity index (χ3v) is 12.9. The van der Waals surface area contributed by atoms with Crippen molar-refractivity contribution in [2.45, 2.75) is 64.8 Å². The molecule has 208 valence electrons. The Balaban J connectivity index is 1.52. The van der Waals surface area contributed by atoms with Gasteiger partial charge in [-0.15, -0.1) is 0 Å². The van der Waals surface area contributed by atoms with Crippen LogP contribution in [-0.4, -0.2) is 14.4 Å². The summed E-state index contributed by atoms with van der Waals surface area (Å²) in [6.07, 6.45) is 5.64. The van der Waals surface area contributed by atoms with Gasteiger partial charge in [0.1, 0.15) is 0 Å². The Kier molecular flexibility index (Phi) is 10.3. The van der Waals surface area contributed by atoms with Crippen LogP contribution < -0.4 is 15.7 Å². The second kappa shape index (κ2) is 13.9. The summed E-state index contributed by atoms with van der Waals surface area (Å²) in [4.78, 5) is 0. The van der Waals surface area contributed by atoms with Crippen LogP contribution in [0.1, 0.15) is 58.2 Å². The lowest BCUT2D eigenvalue weighted by Gasteiger charge is -2.44. The van der Waals surface area contributed by atoms with Crippen molar-refractivity contribution >= 4 is 18.7 Å². The van der Waals surface area contributed by atoms with Gasteiger partial charge in [-0.2, -0.15) is 0 Å². The minimum atomic E-state index is -2.56. The van der Waals surface area contributed by atoms with Crippen LogP contribution in [0.25, 0.3) is 0 Å². The average molecular weight is 548 g/mol. The number of hydrogen-bond donors (Lipinski definition) is 1. The summed E-state index contributed by atoms with van der Waals surface area (Å²) in [7, 11) is -2.56. The largest absolute Gasteiger partial charge is 0.404 e. The van der Waals surface area contributed by atoms with Gasteiger partial charge in [0.05, 0.1) is 0 Å². The summed E-state index contributed by atoms with van der Waals surface area (Å²) in [5.74, 6) is 0.325. The molecular formula is C37H45NOSi. The van der Waals surface area contributed by atoms with Crippen LogP contribution in [0.4, 0.5) is 0 Å². The van der Waals surface area contributed by atoms with Gasteiger partial charge in [0, 0.05) is 18.7 Å². The Morgan fingerprint density at radius 2 is 1.18 bits per heavy atom. The molecule has 0 aliphatic rings. The molecule has 0 aliphatic heterocycles. The van der Waals surface area contributed by atoms with E-state index in [0.717, 1.165) is 13.0 Å². The molecule has 0 saturated heterocycles. The molecule has 0 bridgehead atoms. The van der Waals surface area contributed by atoms with Crippen molar-refractivity contribution < 1.29 is 4.43 Å². The number of nitrogens with one attached hydrogen (secondary N) is 1. The molecule has 4 aromatic rings. The zero-order chi connectivity index (χ0) is 28.4. The molecule has 3 heteroatoms. The molecule has 0 radical (unpaired) electrons. The van der Waals surface area contributed by atoms with Crippen molar-refractivity contribution in [2.75, 3.05) is 0 Å². The van der Waals surface area contributed by atoms with Gasteiger partial charge in [-0.1, -0.05) is 161 Å². The van der Waals surface area contributed by atoms with E-state index in [2.05, 4.69) is 173 Å². The Labute approximate surface area is 243 Å². The van der Waals surface area contributed by atoms with Gasteiger partial charge >= 0.3 is 0 Å². The van der Waals surface area contributed by atoms with E-state index >= 15 is 0 Å². The molecule has 0 heterocycles. The van der Waals surface area contributed by atoms with Crippen molar-refractivity contribution in [2.24, 2.45) is 5.92 Å². The third-order valence-electron chi connectivity index (χ3n) is 7.76. The predicted molar refractivity (Wildman–Crippen MR) is 174 cm³/mol. The van der Waals surface area contributed by atoms with Gasteiger partial charge in [0.25, 0.3) is 8.32 Å². The third kappa shape index (κ3) is 7.28. The fourth-order valence-corrected chi connectivity index (χ4v) is 10.4. The molecule has 3 atom stereocenters. The van der Waals surface area contributed by atoms with E-state index in [1.807, 2.05) is 0 Å². The highest BCUT2D eigenvalue weighted by atomic mass is 28.4. The Morgan fingerprint density at radius 1 is 0.700 bits per heavy atom. The molecular weight excluding hydrogens is 502 g/mol. The van der Waals surface area contributed by atoms with Crippen LogP contribution in [0.5, 0.6) is 0 Å². The molecule has 0 amide bonds. The first-order valence-corrected chi connectivity index (χ1v) is 16.5. The summed E-state index contributed by atoms with van der Waals surface area (Å²) in [6.45, 7) is 12.4. The van der Waals surface area contributed by atoms with Crippen LogP contribution in [-0.2, 0) is 11.0 Å². The number of hydrogen-bond acceptors (Lipinski definition) is 2. The van der Waals surface area contributed by atoms with E-state index in [1.54, 1.807) is 0 Å². The van der Waals surface area contributed by atoms with Crippen LogP contribution in [0.15, 0.2) is 133 Å². The summed E-state index contributed by atoms with van der Waals surface area (Å²) >= 11 is 0. The molecule has 4 aromatic carbocycles. The van der Waals surface area contributed by atoms with Gasteiger partial charge in [0.2, 0.25) is 0 Å². The summed E-state index contributed by atoms with van der Waals surface area (Å²) in [6, 6.07) is 43.5. The van der Waals surface area contributed by atoms with Gasteiger partial charge in [-0.3, -0.25) is 0 Å². The topological polar surface area (TPSA) is 21.3 Å². The summed E-state index contributed by atoms with van der Waals surface area (Å²) in [5.41, 5.74) is 2.61. The SMILES string of the molecule is C[C@H](C/C=C/[C@@H](C)[C@@H](NCc1ccccc1)c1ccccc1)O[Si](c1ccccc1)(c1ccccc1)C(C)(C)C. The zero-order valence-electron chi connectivity index (χ0n) is 24.8. The molecule has 2 nitrogen and oxygen atoms in total. The maximum Gasteiger partial charge on any atom is 0.261 e. The van der Waals surface area contributed by atoms with E-state index in [4.69, 9.17) is 4.43 Å². The van der Waals surface area contributed by atoms with Gasteiger partial charge in [0.15, 0.2) is 0 Å². The molecule has 40 heavy (non-hydrogen) atoms. The molecule has 0 saturated carbocycles. The lowest BCUT2D eigenvalue weighted by atomic mass is 9.93. The smallest absolute Gasteiger partial charge is 0.261 e. The molecule has 0 aliphatic carbocycles. The normalized spacial score (nSPS) is 14.6. The maximum atomic E-state index is 7.28. The van der Waals surface area contributed by atoms with Crippen LogP contribution in [0.2, 0.25) is 5.04 Å². The lowest BCUT2D eigenvalue weighted by molar-refractivity contribution is 0.209. The highest BCUT2D eigenvalue weighted by Gasteiger charge is 2.50. The first kappa shape index (κ1) is 29.7. The van der Waals surface area contributed by atoms with Gasteiger partial charge < -0.3 is 9.74 Å². The second-order valence-corrected chi connectivity index (χ2v) is 16.1. The number of rotatable bonds is 12. The van der Waals surface area contributed by atoms with Crippen LogP contribution in [0.3, 0.4) is 0 Å². The minimum absolute atomic E-state index is 0.0270. The Hall–Kier alpha value is -3.24. The highest BCUT2D eigenvalue weighted by molar-refractivity contribution is 6.99. The van der Waals surface area contributed by atoms with E-state index < -0.39 is 8.32 Å².